The van der Waals surface area contributed by atoms with E-state index in [2.05, 4.69) is 27.8 Å². The highest BCUT2D eigenvalue weighted by molar-refractivity contribution is 5.69. The predicted molar refractivity (Wildman–Crippen MR) is 70.7 cm³/mol. The Hall–Kier alpha value is -1.65. The average molecular weight is 256 g/mol. The summed E-state index contributed by atoms with van der Waals surface area (Å²) in [5, 5.41) is 10.3. The molecule has 0 radical (unpaired) electrons. The van der Waals surface area contributed by atoms with Crippen molar-refractivity contribution in [1.82, 2.24) is 9.55 Å². The highest BCUT2D eigenvalue weighted by Crippen LogP contribution is 2.44. The van der Waals surface area contributed by atoms with E-state index in [9.17, 15) is 5.11 Å². The van der Waals surface area contributed by atoms with Gasteiger partial charge >= 0.3 is 0 Å². The maximum atomic E-state index is 10.3. The molecule has 4 rings (SSSR count). The number of hydrogen-bond donors (Lipinski definition) is 1. The van der Waals surface area contributed by atoms with Crippen molar-refractivity contribution in [3.63, 3.8) is 0 Å². The Labute approximate surface area is 111 Å². The van der Waals surface area contributed by atoms with Gasteiger partial charge in [-0.2, -0.15) is 0 Å². The fourth-order valence-corrected chi connectivity index (χ4v) is 3.36. The van der Waals surface area contributed by atoms with E-state index in [4.69, 9.17) is 4.74 Å². The maximum absolute atomic E-state index is 10.3. The number of nitrogens with zero attached hydrogens (tertiary/aromatic N) is 2. The van der Waals surface area contributed by atoms with Crippen LogP contribution in [0.5, 0.6) is 0 Å². The van der Waals surface area contributed by atoms with Crippen LogP contribution in [0.2, 0.25) is 0 Å². The minimum absolute atomic E-state index is 0.102. The molecule has 1 fully saturated rings. The summed E-state index contributed by atoms with van der Waals surface area (Å²) in [6, 6.07) is 8.52. The third kappa shape index (κ3) is 1.57. The molecule has 3 heterocycles. The smallest absolute Gasteiger partial charge is 0.0956 e. The number of aliphatic hydroxyl groups excluding tert-OH is 1. The fourth-order valence-electron chi connectivity index (χ4n) is 3.36. The van der Waals surface area contributed by atoms with E-state index >= 15 is 0 Å². The molecular weight excluding hydrogens is 240 g/mol. The summed E-state index contributed by atoms with van der Waals surface area (Å²) in [6.07, 6.45) is 4.17. The Morgan fingerprint density at radius 3 is 3.11 bits per heavy atom. The maximum Gasteiger partial charge on any atom is 0.0956 e. The van der Waals surface area contributed by atoms with Gasteiger partial charge in [0.2, 0.25) is 0 Å². The quantitative estimate of drug-likeness (QED) is 0.847. The van der Waals surface area contributed by atoms with Crippen LogP contribution >= 0.6 is 0 Å². The second-order valence-electron chi connectivity index (χ2n) is 5.31. The van der Waals surface area contributed by atoms with Gasteiger partial charge < -0.3 is 14.4 Å². The molecule has 0 amide bonds. The van der Waals surface area contributed by atoms with Gasteiger partial charge in [0.1, 0.15) is 0 Å². The van der Waals surface area contributed by atoms with Crippen LogP contribution in [0.15, 0.2) is 36.8 Å². The zero-order valence-electron chi connectivity index (χ0n) is 10.6. The first-order valence-corrected chi connectivity index (χ1v) is 6.73. The summed E-state index contributed by atoms with van der Waals surface area (Å²) in [5.41, 5.74) is 3.63. The molecule has 1 saturated heterocycles. The van der Waals surface area contributed by atoms with Gasteiger partial charge in [0.05, 0.1) is 37.0 Å². The van der Waals surface area contributed by atoms with E-state index in [0.717, 1.165) is 5.69 Å². The molecule has 1 aromatic heterocycles. The topological polar surface area (TPSA) is 47.3 Å². The summed E-state index contributed by atoms with van der Waals surface area (Å²) >= 11 is 0. The molecule has 0 unspecified atom stereocenters. The monoisotopic (exact) mass is 256 g/mol. The zero-order chi connectivity index (χ0) is 12.8. The van der Waals surface area contributed by atoms with Crippen LogP contribution in [0, 0.1) is 5.92 Å². The van der Waals surface area contributed by atoms with Gasteiger partial charge in [-0.1, -0.05) is 24.3 Å². The number of ether oxygens (including phenoxy) is 1. The highest BCUT2D eigenvalue weighted by atomic mass is 16.5. The van der Waals surface area contributed by atoms with E-state index in [1.165, 1.54) is 11.1 Å². The second kappa shape index (κ2) is 4.18. The minimum Gasteiger partial charge on any atom is -0.393 e. The van der Waals surface area contributed by atoms with Crippen LogP contribution < -0.4 is 0 Å². The lowest BCUT2D eigenvalue weighted by Gasteiger charge is -2.33. The number of aromatic nitrogens is 2. The SMILES string of the molecule is O[C@@H]1CCOC[C@@H]1[C@H]1c2ccccc2-c2cncn21. The van der Waals surface area contributed by atoms with Gasteiger partial charge in [0, 0.05) is 18.1 Å². The number of benzene rings is 1. The number of imidazole rings is 1. The van der Waals surface area contributed by atoms with Crippen molar-refractivity contribution >= 4 is 0 Å². The van der Waals surface area contributed by atoms with Crippen LogP contribution in [0.1, 0.15) is 18.0 Å². The summed E-state index contributed by atoms with van der Waals surface area (Å²) in [5.74, 6) is 0.102. The number of rotatable bonds is 1. The Kier molecular flexibility index (Phi) is 2.47. The van der Waals surface area contributed by atoms with Crippen LogP contribution in [0.25, 0.3) is 11.3 Å². The Bertz CT molecular complexity index is 608. The van der Waals surface area contributed by atoms with Crippen LogP contribution in [0.3, 0.4) is 0 Å². The van der Waals surface area contributed by atoms with Crippen molar-refractivity contribution in [1.29, 1.82) is 0 Å². The van der Waals surface area contributed by atoms with Crippen molar-refractivity contribution < 1.29 is 9.84 Å². The van der Waals surface area contributed by atoms with Crippen LogP contribution in [-0.4, -0.2) is 34.0 Å². The van der Waals surface area contributed by atoms with E-state index in [-0.39, 0.29) is 18.1 Å². The van der Waals surface area contributed by atoms with Gasteiger partial charge in [-0.15, -0.1) is 0 Å². The molecule has 0 aliphatic carbocycles. The lowest BCUT2D eigenvalue weighted by Crippen LogP contribution is -2.37. The largest absolute Gasteiger partial charge is 0.393 e. The molecule has 2 aliphatic heterocycles. The van der Waals surface area contributed by atoms with Crippen molar-refractivity contribution in [2.45, 2.75) is 18.6 Å². The van der Waals surface area contributed by atoms with E-state index < -0.39 is 0 Å². The Morgan fingerprint density at radius 2 is 2.21 bits per heavy atom. The van der Waals surface area contributed by atoms with Crippen molar-refractivity contribution in [3.05, 3.63) is 42.4 Å². The van der Waals surface area contributed by atoms with Gasteiger partial charge in [-0.05, 0) is 12.0 Å². The minimum atomic E-state index is -0.305. The molecule has 98 valence electrons. The lowest BCUT2D eigenvalue weighted by molar-refractivity contribution is -0.0481. The Morgan fingerprint density at radius 1 is 1.32 bits per heavy atom. The molecule has 0 spiro atoms. The average Bonchev–Trinajstić information content (AvgIpc) is 3.00. The fraction of sp³-hybridized carbons (Fsp3) is 0.400. The summed E-state index contributed by atoms with van der Waals surface area (Å²) < 4.78 is 7.75. The second-order valence-corrected chi connectivity index (χ2v) is 5.31. The van der Waals surface area contributed by atoms with Crippen LogP contribution in [0.4, 0.5) is 0 Å². The molecule has 0 saturated carbocycles. The Balaban J connectivity index is 1.84. The van der Waals surface area contributed by atoms with Crippen molar-refractivity contribution in [2.24, 2.45) is 5.92 Å². The third-order valence-electron chi connectivity index (χ3n) is 4.29. The van der Waals surface area contributed by atoms with Gasteiger partial charge in [0.25, 0.3) is 0 Å². The zero-order valence-corrected chi connectivity index (χ0v) is 10.6. The van der Waals surface area contributed by atoms with E-state index in [1.807, 2.05) is 18.6 Å². The van der Waals surface area contributed by atoms with E-state index in [1.54, 1.807) is 0 Å². The van der Waals surface area contributed by atoms with Gasteiger partial charge in [-0.25, -0.2) is 4.98 Å². The molecule has 3 atom stereocenters. The first-order chi connectivity index (χ1) is 9.36. The number of hydrogen-bond acceptors (Lipinski definition) is 3. The molecule has 1 N–H and O–H groups in total. The van der Waals surface area contributed by atoms with Crippen molar-refractivity contribution in [3.8, 4) is 11.3 Å². The molecule has 19 heavy (non-hydrogen) atoms. The van der Waals surface area contributed by atoms with E-state index in [0.29, 0.717) is 19.6 Å². The number of fused-ring (bicyclic) bond motifs is 3. The van der Waals surface area contributed by atoms with Crippen molar-refractivity contribution in [2.75, 3.05) is 13.2 Å². The molecule has 0 bridgehead atoms. The predicted octanol–water partition coefficient (Wildman–Crippen LogP) is 1.85. The third-order valence-corrected chi connectivity index (χ3v) is 4.29. The molecular formula is C15H16N2O2. The first-order valence-electron chi connectivity index (χ1n) is 6.73. The molecule has 4 heteroatoms. The standard InChI is InChI=1S/C15H16N2O2/c18-14-5-6-19-8-12(14)15-11-4-2-1-3-10(11)13-7-16-9-17(13)15/h1-4,7,9,12,14-15,18H,5-6,8H2/t12-,14+,15+/m0/s1. The van der Waals surface area contributed by atoms with Crippen LogP contribution in [-0.2, 0) is 4.74 Å². The first kappa shape index (κ1) is 11.2. The molecule has 1 aromatic carbocycles. The summed E-state index contributed by atoms with van der Waals surface area (Å²) in [4.78, 5) is 4.25. The van der Waals surface area contributed by atoms with Gasteiger partial charge in [-0.3, -0.25) is 0 Å². The normalized spacial score (nSPS) is 29.0. The highest BCUT2D eigenvalue weighted by Gasteiger charge is 2.39. The number of aliphatic hydroxyl groups is 1. The summed E-state index contributed by atoms with van der Waals surface area (Å²) in [7, 11) is 0. The lowest BCUT2D eigenvalue weighted by atomic mass is 9.86. The molecule has 4 nitrogen and oxygen atoms in total. The van der Waals surface area contributed by atoms with Gasteiger partial charge in [0.15, 0.2) is 0 Å². The molecule has 2 aromatic rings. The summed E-state index contributed by atoms with van der Waals surface area (Å²) in [6.45, 7) is 1.26. The molecule has 2 aliphatic rings.